The van der Waals surface area contributed by atoms with E-state index in [0.717, 1.165) is 11.5 Å². The van der Waals surface area contributed by atoms with E-state index in [1.807, 2.05) is 13.0 Å². The van der Waals surface area contributed by atoms with Gasteiger partial charge < -0.3 is 0 Å². The summed E-state index contributed by atoms with van der Waals surface area (Å²) in [6, 6.07) is 1.94. The quantitative estimate of drug-likeness (QED) is 0.572. The van der Waals surface area contributed by atoms with Gasteiger partial charge in [-0.3, -0.25) is 0 Å². The molecule has 0 aromatic heterocycles. The molecular weight excluding hydrogens is 142 g/mol. The lowest BCUT2D eigenvalue weighted by Crippen LogP contribution is -1.96. The van der Waals surface area contributed by atoms with E-state index in [4.69, 9.17) is 16.9 Å². The molecular formula is C5H8ClNS. The van der Waals surface area contributed by atoms with E-state index in [1.54, 1.807) is 11.8 Å². The highest BCUT2D eigenvalue weighted by Crippen LogP contribution is 2.05. The summed E-state index contributed by atoms with van der Waals surface area (Å²) in [6.45, 7) is 2.05. The zero-order valence-corrected chi connectivity index (χ0v) is 6.30. The van der Waals surface area contributed by atoms with Crippen LogP contribution in [0.15, 0.2) is 0 Å². The first-order valence-corrected chi connectivity index (χ1v) is 4.01. The average molecular weight is 150 g/mol. The molecule has 0 aliphatic rings. The lowest BCUT2D eigenvalue weighted by Gasteiger charge is -1.94. The van der Waals surface area contributed by atoms with Crippen molar-refractivity contribution in [1.82, 2.24) is 0 Å². The van der Waals surface area contributed by atoms with Crippen LogP contribution >= 0.6 is 23.4 Å². The molecule has 0 saturated heterocycles. The third-order valence-electron chi connectivity index (χ3n) is 0.608. The number of hydrogen-bond acceptors (Lipinski definition) is 2. The maximum Gasteiger partial charge on any atom is 0.129 e. The van der Waals surface area contributed by atoms with Gasteiger partial charge in [0.15, 0.2) is 0 Å². The van der Waals surface area contributed by atoms with Crippen molar-refractivity contribution in [2.75, 3.05) is 11.5 Å². The molecule has 3 heteroatoms. The van der Waals surface area contributed by atoms with Gasteiger partial charge >= 0.3 is 0 Å². The van der Waals surface area contributed by atoms with Gasteiger partial charge in [-0.1, -0.05) is 6.92 Å². The number of alkyl halides is 1. The van der Waals surface area contributed by atoms with E-state index in [-0.39, 0.29) is 5.38 Å². The highest BCUT2D eigenvalue weighted by Gasteiger charge is 1.98. The van der Waals surface area contributed by atoms with Gasteiger partial charge in [0.05, 0.1) is 6.07 Å². The maximum atomic E-state index is 8.17. The van der Waals surface area contributed by atoms with Crippen LogP contribution in [-0.2, 0) is 0 Å². The monoisotopic (exact) mass is 149 g/mol. The topological polar surface area (TPSA) is 23.8 Å². The molecule has 0 aromatic rings. The number of rotatable bonds is 3. The van der Waals surface area contributed by atoms with Crippen LogP contribution in [0.25, 0.3) is 0 Å². The Labute approximate surface area is 59.0 Å². The van der Waals surface area contributed by atoms with Crippen molar-refractivity contribution in [3.63, 3.8) is 0 Å². The molecule has 0 spiro atoms. The van der Waals surface area contributed by atoms with E-state index in [9.17, 15) is 0 Å². The molecule has 0 aliphatic heterocycles. The third kappa shape index (κ3) is 4.29. The standard InChI is InChI=1S/C5H8ClNS/c1-2-8-4-5(6)3-7/h5H,2,4H2,1H3. The number of thioether (sulfide) groups is 1. The molecule has 0 rings (SSSR count). The van der Waals surface area contributed by atoms with Crippen molar-refractivity contribution in [3.8, 4) is 6.07 Å². The van der Waals surface area contributed by atoms with Gasteiger partial charge in [-0.25, -0.2) is 0 Å². The molecule has 0 N–H and O–H groups in total. The van der Waals surface area contributed by atoms with Gasteiger partial charge in [0, 0.05) is 5.75 Å². The molecule has 0 fully saturated rings. The summed E-state index contributed by atoms with van der Waals surface area (Å²) in [5.41, 5.74) is 0. The molecule has 0 aliphatic carbocycles. The molecule has 0 saturated carbocycles. The average Bonchev–Trinajstić information content (AvgIpc) is 1.83. The summed E-state index contributed by atoms with van der Waals surface area (Å²) in [6.07, 6.45) is 0. The molecule has 8 heavy (non-hydrogen) atoms. The number of hydrogen-bond donors (Lipinski definition) is 0. The predicted molar refractivity (Wildman–Crippen MR) is 38.3 cm³/mol. The maximum absolute atomic E-state index is 8.17. The van der Waals surface area contributed by atoms with E-state index in [0.29, 0.717) is 0 Å². The van der Waals surface area contributed by atoms with Crippen LogP contribution in [0, 0.1) is 11.3 Å². The number of nitrogens with zero attached hydrogens (tertiary/aromatic N) is 1. The predicted octanol–water partition coefficient (Wildman–Crippen LogP) is 1.87. The minimum Gasteiger partial charge on any atom is -0.197 e. The van der Waals surface area contributed by atoms with Crippen molar-refractivity contribution < 1.29 is 0 Å². The summed E-state index contributed by atoms with van der Waals surface area (Å²) >= 11 is 7.15. The fraction of sp³-hybridized carbons (Fsp3) is 0.800. The Morgan fingerprint density at radius 2 is 2.50 bits per heavy atom. The van der Waals surface area contributed by atoms with Crippen LogP contribution in [0.5, 0.6) is 0 Å². The first-order chi connectivity index (χ1) is 3.81. The van der Waals surface area contributed by atoms with Crippen LogP contribution in [-0.4, -0.2) is 16.9 Å². The highest BCUT2D eigenvalue weighted by molar-refractivity contribution is 7.99. The summed E-state index contributed by atoms with van der Waals surface area (Å²) in [5.74, 6) is 1.78. The molecule has 1 atom stereocenters. The Bertz CT molecular complexity index is 88.9. The smallest absolute Gasteiger partial charge is 0.129 e. The van der Waals surface area contributed by atoms with Gasteiger partial charge in [0.1, 0.15) is 5.38 Å². The van der Waals surface area contributed by atoms with E-state index in [1.165, 1.54) is 0 Å². The molecule has 0 bridgehead atoms. The zero-order valence-electron chi connectivity index (χ0n) is 4.72. The van der Waals surface area contributed by atoms with Gasteiger partial charge in [-0.15, -0.1) is 11.6 Å². The number of nitriles is 1. The van der Waals surface area contributed by atoms with Crippen LogP contribution in [0.4, 0.5) is 0 Å². The molecule has 1 nitrogen and oxygen atoms in total. The van der Waals surface area contributed by atoms with Crippen LogP contribution in [0.2, 0.25) is 0 Å². The Morgan fingerprint density at radius 3 is 2.88 bits per heavy atom. The second-order valence-corrected chi connectivity index (χ2v) is 3.10. The van der Waals surface area contributed by atoms with Crippen LogP contribution in [0.3, 0.4) is 0 Å². The van der Waals surface area contributed by atoms with Crippen molar-refractivity contribution in [2.45, 2.75) is 12.3 Å². The summed E-state index contributed by atoms with van der Waals surface area (Å²) in [4.78, 5) is 0. The molecule has 1 unspecified atom stereocenters. The first-order valence-electron chi connectivity index (χ1n) is 2.42. The van der Waals surface area contributed by atoms with Crippen molar-refractivity contribution in [2.24, 2.45) is 0 Å². The Kier molecular flexibility index (Phi) is 5.36. The summed E-state index contributed by atoms with van der Waals surface area (Å²) in [7, 11) is 0. The molecule has 0 heterocycles. The van der Waals surface area contributed by atoms with Crippen molar-refractivity contribution >= 4 is 23.4 Å². The van der Waals surface area contributed by atoms with Crippen molar-refractivity contribution in [1.29, 1.82) is 5.26 Å². The Balaban J connectivity index is 3.02. The Morgan fingerprint density at radius 1 is 1.88 bits per heavy atom. The Hall–Kier alpha value is 0.130. The fourth-order valence-electron chi connectivity index (χ4n) is 0.259. The highest BCUT2D eigenvalue weighted by atomic mass is 35.5. The minimum absolute atomic E-state index is 0.306. The van der Waals surface area contributed by atoms with E-state index < -0.39 is 0 Å². The summed E-state index contributed by atoms with van der Waals surface area (Å²) in [5, 5.41) is 7.86. The lowest BCUT2D eigenvalue weighted by atomic mass is 10.5. The zero-order chi connectivity index (χ0) is 6.41. The number of halogens is 1. The summed E-state index contributed by atoms with van der Waals surface area (Å²) < 4.78 is 0. The second-order valence-electron chi connectivity index (χ2n) is 1.26. The molecule has 0 radical (unpaired) electrons. The normalized spacial score (nSPS) is 12.6. The lowest BCUT2D eigenvalue weighted by molar-refractivity contribution is 1.24. The first kappa shape index (κ1) is 8.13. The largest absolute Gasteiger partial charge is 0.197 e. The van der Waals surface area contributed by atoms with Gasteiger partial charge in [-0.2, -0.15) is 17.0 Å². The van der Waals surface area contributed by atoms with E-state index in [2.05, 4.69) is 0 Å². The molecule has 46 valence electrons. The third-order valence-corrected chi connectivity index (χ3v) is 2.02. The van der Waals surface area contributed by atoms with Gasteiger partial charge in [0.25, 0.3) is 0 Å². The molecule has 0 amide bonds. The van der Waals surface area contributed by atoms with Crippen LogP contribution in [0.1, 0.15) is 6.92 Å². The molecule has 0 aromatic carbocycles. The SMILES string of the molecule is CCSCC(Cl)C#N. The minimum atomic E-state index is -0.306. The second kappa shape index (κ2) is 5.27. The van der Waals surface area contributed by atoms with Gasteiger partial charge in [0.2, 0.25) is 0 Å². The van der Waals surface area contributed by atoms with Crippen molar-refractivity contribution in [3.05, 3.63) is 0 Å². The van der Waals surface area contributed by atoms with Gasteiger partial charge in [-0.05, 0) is 5.75 Å². The fourth-order valence-corrected chi connectivity index (χ4v) is 1.04. The van der Waals surface area contributed by atoms with Crippen LogP contribution < -0.4 is 0 Å². The van der Waals surface area contributed by atoms with E-state index >= 15 is 0 Å².